The summed E-state index contributed by atoms with van der Waals surface area (Å²) in [6, 6.07) is 0. The van der Waals surface area contributed by atoms with E-state index in [0.717, 1.165) is 19.4 Å². The molecule has 0 amide bonds. The standard InChI is InChI=1S/C16H33NO2/c1-6-8-9-10-11-12-16(5,15(18)19-7-2)17-13-14(3)4/h14,17H,6-13H2,1-5H3. The number of carbonyl (C=O) groups excluding carboxylic acids is 1. The maximum Gasteiger partial charge on any atom is 0.326 e. The fourth-order valence-corrected chi connectivity index (χ4v) is 2.06. The molecule has 0 rings (SSSR count). The molecule has 0 aromatic rings. The van der Waals surface area contributed by atoms with Crippen LogP contribution in [0.15, 0.2) is 0 Å². The Morgan fingerprint density at radius 3 is 2.32 bits per heavy atom. The molecule has 1 atom stereocenters. The van der Waals surface area contributed by atoms with Crippen molar-refractivity contribution < 1.29 is 9.53 Å². The van der Waals surface area contributed by atoms with Crippen LogP contribution in [0.5, 0.6) is 0 Å². The van der Waals surface area contributed by atoms with Crippen LogP contribution in [0, 0.1) is 5.92 Å². The van der Waals surface area contributed by atoms with Crippen LogP contribution in [0.3, 0.4) is 0 Å². The third-order valence-electron chi connectivity index (χ3n) is 3.41. The van der Waals surface area contributed by atoms with E-state index in [-0.39, 0.29) is 5.97 Å². The van der Waals surface area contributed by atoms with E-state index in [1.807, 2.05) is 13.8 Å². The Balaban J connectivity index is 4.27. The first-order valence-electron chi connectivity index (χ1n) is 7.88. The van der Waals surface area contributed by atoms with Crippen molar-refractivity contribution in [2.75, 3.05) is 13.2 Å². The van der Waals surface area contributed by atoms with E-state index < -0.39 is 5.54 Å². The monoisotopic (exact) mass is 271 g/mol. The van der Waals surface area contributed by atoms with Crippen LogP contribution in [0.1, 0.15) is 73.1 Å². The highest BCUT2D eigenvalue weighted by molar-refractivity contribution is 5.80. The predicted octanol–water partition coefficient (Wildman–Crippen LogP) is 3.91. The number of rotatable bonds is 11. The average molecular weight is 271 g/mol. The van der Waals surface area contributed by atoms with Crippen LogP contribution in [-0.2, 0) is 9.53 Å². The van der Waals surface area contributed by atoms with Crippen molar-refractivity contribution in [2.24, 2.45) is 5.92 Å². The zero-order valence-corrected chi connectivity index (χ0v) is 13.6. The largest absolute Gasteiger partial charge is 0.465 e. The highest BCUT2D eigenvalue weighted by atomic mass is 16.5. The predicted molar refractivity (Wildman–Crippen MR) is 81.3 cm³/mol. The first-order chi connectivity index (χ1) is 8.96. The minimum Gasteiger partial charge on any atom is -0.465 e. The fourth-order valence-electron chi connectivity index (χ4n) is 2.06. The summed E-state index contributed by atoms with van der Waals surface area (Å²) in [6.07, 6.45) is 6.95. The molecular formula is C16H33NO2. The second-order valence-corrected chi connectivity index (χ2v) is 5.99. The fraction of sp³-hybridized carbons (Fsp3) is 0.938. The van der Waals surface area contributed by atoms with Gasteiger partial charge < -0.3 is 10.1 Å². The van der Waals surface area contributed by atoms with Gasteiger partial charge in [-0.25, -0.2) is 0 Å². The third-order valence-corrected chi connectivity index (χ3v) is 3.41. The molecule has 0 aromatic heterocycles. The van der Waals surface area contributed by atoms with E-state index in [1.54, 1.807) is 0 Å². The Kier molecular flexibility index (Phi) is 9.94. The van der Waals surface area contributed by atoms with Crippen LogP contribution < -0.4 is 5.32 Å². The number of esters is 1. The van der Waals surface area contributed by atoms with Gasteiger partial charge in [-0.3, -0.25) is 4.79 Å². The second kappa shape index (κ2) is 10.2. The number of carbonyl (C=O) groups is 1. The molecule has 0 aliphatic rings. The van der Waals surface area contributed by atoms with E-state index in [1.165, 1.54) is 25.7 Å². The Morgan fingerprint density at radius 1 is 1.16 bits per heavy atom. The molecule has 1 unspecified atom stereocenters. The quantitative estimate of drug-likeness (QED) is 0.457. The molecule has 0 heterocycles. The maximum atomic E-state index is 12.1. The molecule has 0 fully saturated rings. The molecule has 0 saturated carbocycles. The molecule has 3 nitrogen and oxygen atoms in total. The number of nitrogens with one attached hydrogen (secondary N) is 1. The first-order valence-corrected chi connectivity index (χ1v) is 7.88. The van der Waals surface area contributed by atoms with Crippen molar-refractivity contribution in [1.82, 2.24) is 5.32 Å². The number of unbranched alkanes of at least 4 members (excludes halogenated alkanes) is 4. The lowest BCUT2D eigenvalue weighted by molar-refractivity contribution is -0.151. The van der Waals surface area contributed by atoms with E-state index in [2.05, 4.69) is 26.1 Å². The van der Waals surface area contributed by atoms with Crippen LogP contribution >= 0.6 is 0 Å². The van der Waals surface area contributed by atoms with Crippen molar-refractivity contribution in [3.8, 4) is 0 Å². The van der Waals surface area contributed by atoms with E-state index in [0.29, 0.717) is 12.5 Å². The zero-order valence-electron chi connectivity index (χ0n) is 13.6. The molecule has 0 radical (unpaired) electrons. The van der Waals surface area contributed by atoms with Gasteiger partial charge >= 0.3 is 5.97 Å². The topological polar surface area (TPSA) is 38.3 Å². The van der Waals surface area contributed by atoms with E-state index in [9.17, 15) is 4.79 Å². The minimum atomic E-state index is -0.521. The van der Waals surface area contributed by atoms with Gasteiger partial charge in [0.2, 0.25) is 0 Å². The Morgan fingerprint density at radius 2 is 1.79 bits per heavy atom. The number of hydrogen-bond acceptors (Lipinski definition) is 3. The molecule has 0 bridgehead atoms. The first kappa shape index (κ1) is 18.4. The molecule has 19 heavy (non-hydrogen) atoms. The Hall–Kier alpha value is -0.570. The molecule has 0 aliphatic carbocycles. The number of ether oxygens (including phenoxy) is 1. The van der Waals surface area contributed by atoms with Gasteiger partial charge in [0.05, 0.1) is 6.61 Å². The van der Waals surface area contributed by atoms with Crippen molar-refractivity contribution in [3.05, 3.63) is 0 Å². The molecule has 3 heteroatoms. The van der Waals surface area contributed by atoms with E-state index in [4.69, 9.17) is 4.74 Å². The summed E-state index contributed by atoms with van der Waals surface area (Å²) in [5.41, 5.74) is -0.521. The van der Waals surface area contributed by atoms with Crippen molar-refractivity contribution in [3.63, 3.8) is 0 Å². The maximum absolute atomic E-state index is 12.1. The van der Waals surface area contributed by atoms with Gasteiger partial charge in [0.25, 0.3) is 0 Å². The minimum absolute atomic E-state index is 0.105. The van der Waals surface area contributed by atoms with Crippen LogP contribution in [0.4, 0.5) is 0 Å². The summed E-state index contributed by atoms with van der Waals surface area (Å²) in [6.45, 7) is 11.7. The van der Waals surface area contributed by atoms with Gasteiger partial charge in [0.1, 0.15) is 5.54 Å². The lowest BCUT2D eigenvalue weighted by atomic mass is 9.93. The molecule has 114 valence electrons. The summed E-state index contributed by atoms with van der Waals surface area (Å²) >= 11 is 0. The van der Waals surface area contributed by atoms with Crippen molar-refractivity contribution >= 4 is 5.97 Å². The van der Waals surface area contributed by atoms with Crippen LogP contribution in [0.2, 0.25) is 0 Å². The Bertz CT molecular complexity index is 241. The summed E-state index contributed by atoms with van der Waals surface area (Å²) in [5.74, 6) is 0.431. The van der Waals surface area contributed by atoms with Gasteiger partial charge in [-0.15, -0.1) is 0 Å². The average Bonchev–Trinajstić information content (AvgIpc) is 2.36. The van der Waals surface area contributed by atoms with Crippen LogP contribution in [-0.4, -0.2) is 24.7 Å². The van der Waals surface area contributed by atoms with E-state index >= 15 is 0 Å². The van der Waals surface area contributed by atoms with Gasteiger partial charge in [0, 0.05) is 0 Å². The molecule has 0 spiro atoms. The smallest absolute Gasteiger partial charge is 0.326 e. The number of hydrogen-bond donors (Lipinski definition) is 1. The summed E-state index contributed by atoms with van der Waals surface area (Å²) in [5, 5.41) is 3.40. The molecule has 1 N–H and O–H groups in total. The zero-order chi connectivity index (χ0) is 14.7. The third kappa shape index (κ3) is 8.25. The molecule has 0 aliphatic heterocycles. The van der Waals surface area contributed by atoms with Gasteiger partial charge in [0.15, 0.2) is 0 Å². The van der Waals surface area contributed by atoms with Gasteiger partial charge in [-0.1, -0.05) is 52.9 Å². The SMILES string of the molecule is CCCCCCCC(C)(NCC(C)C)C(=O)OCC. The highest BCUT2D eigenvalue weighted by Gasteiger charge is 2.33. The lowest BCUT2D eigenvalue weighted by Crippen LogP contribution is -2.51. The lowest BCUT2D eigenvalue weighted by Gasteiger charge is -2.29. The highest BCUT2D eigenvalue weighted by Crippen LogP contribution is 2.18. The van der Waals surface area contributed by atoms with Crippen LogP contribution in [0.25, 0.3) is 0 Å². The van der Waals surface area contributed by atoms with Crippen molar-refractivity contribution in [1.29, 1.82) is 0 Å². The molecular weight excluding hydrogens is 238 g/mol. The van der Waals surface area contributed by atoms with Gasteiger partial charge in [-0.05, 0) is 32.7 Å². The van der Waals surface area contributed by atoms with Gasteiger partial charge in [-0.2, -0.15) is 0 Å². The normalized spacial score (nSPS) is 14.4. The second-order valence-electron chi connectivity index (χ2n) is 5.99. The summed E-state index contributed by atoms with van der Waals surface area (Å²) in [4.78, 5) is 12.1. The van der Waals surface area contributed by atoms with Crippen molar-refractivity contribution in [2.45, 2.75) is 78.7 Å². The molecule has 0 aromatic carbocycles. The summed E-state index contributed by atoms with van der Waals surface area (Å²) in [7, 11) is 0. The Labute approximate surface area is 119 Å². The summed E-state index contributed by atoms with van der Waals surface area (Å²) < 4.78 is 5.22. The molecule has 0 saturated heterocycles.